The maximum absolute atomic E-state index is 12.0. The van der Waals surface area contributed by atoms with Crippen molar-refractivity contribution in [3.05, 3.63) is 49.1 Å². The summed E-state index contributed by atoms with van der Waals surface area (Å²) in [6.45, 7) is 3.62. The lowest BCUT2D eigenvalue weighted by atomic mass is 10.2. The van der Waals surface area contributed by atoms with E-state index in [4.69, 9.17) is 4.74 Å². The molecule has 0 N–H and O–H groups in total. The fourth-order valence-corrected chi connectivity index (χ4v) is 2.21. The van der Waals surface area contributed by atoms with Gasteiger partial charge in [0.15, 0.2) is 11.6 Å². The van der Waals surface area contributed by atoms with Gasteiger partial charge in [0.25, 0.3) is 0 Å². The van der Waals surface area contributed by atoms with Crippen LogP contribution in [0, 0.1) is 0 Å². The fourth-order valence-electron chi connectivity index (χ4n) is 2.21. The molecule has 0 unspecified atom stereocenters. The van der Waals surface area contributed by atoms with Crippen LogP contribution >= 0.6 is 0 Å². The Hall–Kier alpha value is -3.09. The standard InChI is InChI=1S/C17H17N5O2/c1-12(2)24-15(23)11-22-17(14-5-9-19-10-6-14)20-16(21-22)13-3-7-18-8-4-13/h3-10,12H,11H2,1-2H3. The highest BCUT2D eigenvalue weighted by molar-refractivity contribution is 5.71. The smallest absolute Gasteiger partial charge is 0.328 e. The van der Waals surface area contributed by atoms with E-state index in [1.807, 2.05) is 38.1 Å². The van der Waals surface area contributed by atoms with Crippen LogP contribution in [0.4, 0.5) is 0 Å². The molecule has 0 amide bonds. The van der Waals surface area contributed by atoms with Crippen LogP contribution in [0.15, 0.2) is 49.1 Å². The highest BCUT2D eigenvalue weighted by atomic mass is 16.5. The van der Waals surface area contributed by atoms with Crippen molar-refractivity contribution in [2.24, 2.45) is 0 Å². The SMILES string of the molecule is CC(C)OC(=O)Cn1nc(-c2ccncc2)nc1-c1ccncc1. The molecule has 0 aliphatic rings. The number of aromatic nitrogens is 5. The van der Waals surface area contributed by atoms with Gasteiger partial charge in [-0.1, -0.05) is 0 Å². The Morgan fingerprint density at radius 1 is 1.04 bits per heavy atom. The largest absolute Gasteiger partial charge is 0.462 e. The van der Waals surface area contributed by atoms with Crippen molar-refractivity contribution in [1.82, 2.24) is 24.7 Å². The lowest BCUT2D eigenvalue weighted by molar-refractivity contribution is -0.148. The Kier molecular flexibility index (Phi) is 4.60. The molecule has 0 radical (unpaired) electrons. The Morgan fingerprint density at radius 2 is 1.62 bits per heavy atom. The van der Waals surface area contributed by atoms with Gasteiger partial charge >= 0.3 is 5.97 Å². The number of nitrogens with zero attached hydrogens (tertiary/aromatic N) is 5. The molecule has 122 valence electrons. The lowest BCUT2D eigenvalue weighted by Crippen LogP contribution is -2.19. The molecular weight excluding hydrogens is 306 g/mol. The molecule has 0 atom stereocenters. The first kappa shape index (κ1) is 15.8. The van der Waals surface area contributed by atoms with E-state index in [1.54, 1.807) is 29.5 Å². The van der Waals surface area contributed by atoms with Crippen LogP contribution in [0.2, 0.25) is 0 Å². The quantitative estimate of drug-likeness (QED) is 0.670. The van der Waals surface area contributed by atoms with Crippen molar-refractivity contribution in [3.8, 4) is 22.8 Å². The molecule has 0 aliphatic carbocycles. The summed E-state index contributed by atoms with van der Waals surface area (Å²) in [6, 6.07) is 7.29. The number of rotatable bonds is 5. The van der Waals surface area contributed by atoms with Crippen molar-refractivity contribution < 1.29 is 9.53 Å². The third kappa shape index (κ3) is 3.62. The van der Waals surface area contributed by atoms with Crippen molar-refractivity contribution in [3.63, 3.8) is 0 Å². The van der Waals surface area contributed by atoms with E-state index in [2.05, 4.69) is 20.1 Å². The van der Waals surface area contributed by atoms with Gasteiger partial charge in [0.2, 0.25) is 0 Å². The minimum absolute atomic E-state index is 0.00603. The maximum Gasteiger partial charge on any atom is 0.328 e. The summed E-state index contributed by atoms with van der Waals surface area (Å²) in [6.07, 6.45) is 6.52. The normalized spacial score (nSPS) is 10.8. The van der Waals surface area contributed by atoms with Gasteiger partial charge in [0.05, 0.1) is 6.10 Å². The first-order valence-electron chi connectivity index (χ1n) is 7.58. The number of carbonyl (C=O) groups is 1. The Balaban J connectivity index is 1.99. The second-order valence-electron chi connectivity index (χ2n) is 5.43. The van der Waals surface area contributed by atoms with Gasteiger partial charge in [-0.15, -0.1) is 5.10 Å². The molecule has 0 fully saturated rings. The van der Waals surface area contributed by atoms with Crippen molar-refractivity contribution in [2.75, 3.05) is 0 Å². The minimum atomic E-state index is -0.355. The summed E-state index contributed by atoms with van der Waals surface area (Å²) in [5, 5.41) is 4.46. The van der Waals surface area contributed by atoms with Gasteiger partial charge in [-0.2, -0.15) is 0 Å². The molecule has 7 nitrogen and oxygen atoms in total. The highest BCUT2D eigenvalue weighted by Crippen LogP contribution is 2.21. The summed E-state index contributed by atoms with van der Waals surface area (Å²) in [7, 11) is 0. The summed E-state index contributed by atoms with van der Waals surface area (Å²) < 4.78 is 6.76. The molecule has 0 aromatic carbocycles. The van der Waals surface area contributed by atoms with E-state index in [-0.39, 0.29) is 18.6 Å². The number of esters is 1. The summed E-state index contributed by atoms with van der Waals surface area (Å²) in [5.74, 6) is 0.762. The topological polar surface area (TPSA) is 82.8 Å². The maximum atomic E-state index is 12.0. The van der Waals surface area contributed by atoms with Gasteiger partial charge in [-0.05, 0) is 38.1 Å². The molecule has 3 aromatic heterocycles. The summed E-state index contributed by atoms with van der Waals surface area (Å²) >= 11 is 0. The fraction of sp³-hybridized carbons (Fsp3) is 0.235. The molecule has 0 aliphatic heterocycles. The van der Waals surface area contributed by atoms with Crippen LogP contribution in [0.5, 0.6) is 0 Å². The van der Waals surface area contributed by atoms with Gasteiger partial charge in [-0.3, -0.25) is 14.8 Å². The zero-order valence-corrected chi connectivity index (χ0v) is 13.5. The van der Waals surface area contributed by atoms with E-state index in [0.29, 0.717) is 11.6 Å². The third-order valence-corrected chi connectivity index (χ3v) is 3.19. The molecule has 0 spiro atoms. The molecule has 0 saturated carbocycles. The lowest BCUT2D eigenvalue weighted by Gasteiger charge is -2.09. The second-order valence-corrected chi connectivity index (χ2v) is 5.43. The van der Waals surface area contributed by atoms with Gasteiger partial charge < -0.3 is 4.74 Å². The van der Waals surface area contributed by atoms with Crippen molar-refractivity contribution in [2.45, 2.75) is 26.5 Å². The van der Waals surface area contributed by atoms with Crippen LogP contribution in [0.25, 0.3) is 22.8 Å². The predicted molar refractivity (Wildman–Crippen MR) is 87.7 cm³/mol. The van der Waals surface area contributed by atoms with Crippen molar-refractivity contribution in [1.29, 1.82) is 0 Å². The number of ether oxygens (including phenoxy) is 1. The van der Waals surface area contributed by atoms with E-state index in [9.17, 15) is 4.79 Å². The van der Waals surface area contributed by atoms with Crippen LogP contribution < -0.4 is 0 Å². The van der Waals surface area contributed by atoms with Crippen LogP contribution in [-0.4, -0.2) is 36.8 Å². The van der Waals surface area contributed by atoms with Crippen molar-refractivity contribution >= 4 is 5.97 Å². The highest BCUT2D eigenvalue weighted by Gasteiger charge is 2.17. The molecule has 0 bridgehead atoms. The van der Waals surface area contributed by atoms with E-state index < -0.39 is 0 Å². The van der Waals surface area contributed by atoms with Crippen LogP contribution in [0.1, 0.15) is 13.8 Å². The van der Waals surface area contributed by atoms with Gasteiger partial charge in [0.1, 0.15) is 6.54 Å². The zero-order valence-electron chi connectivity index (χ0n) is 13.5. The average Bonchev–Trinajstić information content (AvgIpc) is 2.99. The molecule has 24 heavy (non-hydrogen) atoms. The molecule has 7 heteroatoms. The molecule has 3 heterocycles. The van der Waals surface area contributed by atoms with Crippen LogP contribution in [0.3, 0.4) is 0 Å². The van der Waals surface area contributed by atoms with Gasteiger partial charge in [0, 0.05) is 35.9 Å². The monoisotopic (exact) mass is 323 g/mol. The van der Waals surface area contributed by atoms with Gasteiger partial charge in [-0.25, -0.2) is 9.67 Å². The Bertz CT molecular complexity index is 816. The first-order valence-corrected chi connectivity index (χ1v) is 7.58. The summed E-state index contributed by atoms with van der Waals surface area (Å²) in [4.78, 5) is 24.6. The number of pyridine rings is 2. The second kappa shape index (κ2) is 6.99. The Labute approximate surface area is 139 Å². The number of carbonyl (C=O) groups excluding carboxylic acids is 1. The molecular formula is C17H17N5O2. The molecule has 3 aromatic rings. The summed E-state index contributed by atoms with van der Waals surface area (Å²) in [5.41, 5.74) is 1.66. The van der Waals surface area contributed by atoms with E-state index in [1.165, 1.54) is 0 Å². The number of hydrogen-bond donors (Lipinski definition) is 0. The first-order chi connectivity index (χ1) is 11.6. The third-order valence-electron chi connectivity index (χ3n) is 3.19. The predicted octanol–water partition coefficient (Wildman–Crippen LogP) is 2.35. The number of hydrogen-bond acceptors (Lipinski definition) is 6. The molecule has 0 saturated heterocycles. The average molecular weight is 323 g/mol. The van der Waals surface area contributed by atoms with Crippen LogP contribution in [-0.2, 0) is 16.1 Å². The van der Waals surface area contributed by atoms with E-state index >= 15 is 0 Å². The zero-order chi connectivity index (χ0) is 16.9. The molecule has 3 rings (SSSR count). The Morgan fingerprint density at radius 3 is 2.21 bits per heavy atom. The minimum Gasteiger partial charge on any atom is -0.462 e. The van der Waals surface area contributed by atoms with E-state index in [0.717, 1.165) is 11.1 Å².